The number of nitrogens with two attached hydrogens (primary N) is 1. The molecule has 0 aromatic heterocycles. The maximum absolute atomic E-state index is 13.9. The number of carbonyl (C=O) groups is 1. The average molecular weight is 268 g/mol. The fourth-order valence-corrected chi connectivity index (χ4v) is 2.23. The van der Waals surface area contributed by atoms with Crippen molar-refractivity contribution in [3.05, 3.63) is 23.5 Å². The van der Waals surface area contributed by atoms with Crippen LogP contribution < -0.4 is 10.6 Å². The summed E-state index contributed by atoms with van der Waals surface area (Å²) in [6.07, 6.45) is 1.03. The van der Waals surface area contributed by atoms with Gasteiger partial charge in [0.2, 0.25) is 0 Å². The van der Waals surface area contributed by atoms with E-state index in [1.165, 1.54) is 6.07 Å². The Morgan fingerprint density at radius 1 is 1.42 bits per heavy atom. The predicted octanol–water partition coefficient (Wildman–Crippen LogP) is 1.46. The summed E-state index contributed by atoms with van der Waals surface area (Å²) in [5, 5.41) is 18.9. The molecule has 0 saturated carbocycles. The molecule has 1 aliphatic rings. The molecule has 0 unspecified atom stereocenters. The molecule has 0 atom stereocenters. The lowest BCUT2D eigenvalue weighted by atomic mass is 9.93. The molecule has 1 heterocycles. The van der Waals surface area contributed by atoms with Gasteiger partial charge >= 0.3 is 5.97 Å². The first-order valence-corrected chi connectivity index (χ1v) is 6.10. The molecule has 1 fully saturated rings. The SMILES string of the molecule is CC1(O)CCN(c2cc(C(=O)O)c(N)cc2F)CC1. The minimum Gasteiger partial charge on any atom is -0.478 e. The summed E-state index contributed by atoms with van der Waals surface area (Å²) in [4.78, 5) is 12.7. The highest BCUT2D eigenvalue weighted by molar-refractivity contribution is 5.95. The van der Waals surface area contributed by atoms with Crippen molar-refractivity contribution in [3.8, 4) is 0 Å². The minimum atomic E-state index is -1.18. The van der Waals surface area contributed by atoms with E-state index >= 15 is 0 Å². The first-order valence-electron chi connectivity index (χ1n) is 6.10. The lowest BCUT2D eigenvalue weighted by Gasteiger charge is -2.37. The average Bonchev–Trinajstić information content (AvgIpc) is 2.29. The normalized spacial score (nSPS) is 18.4. The second kappa shape index (κ2) is 4.70. The Hall–Kier alpha value is -1.82. The topological polar surface area (TPSA) is 86.8 Å². The lowest BCUT2D eigenvalue weighted by molar-refractivity contribution is 0.0350. The standard InChI is InChI=1S/C13H17FN2O3/c1-13(19)2-4-16(5-3-13)11-6-8(12(17)18)10(15)7-9(11)14/h6-7,19H,2-5,15H2,1H3,(H,17,18). The van der Waals surface area contributed by atoms with E-state index in [0.717, 1.165) is 6.07 Å². The number of nitrogens with zero attached hydrogens (tertiary/aromatic N) is 1. The quantitative estimate of drug-likeness (QED) is 0.707. The first kappa shape index (κ1) is 13.6. The van der Waals surface area contributed by atoms with Crippen molar-refractivity contribution in [1.82, 2.24) is 0 Å². The van der Waals surface area contributed by atoms with Crippen molar-refractivity contribution in [1.29, 1.82) is 0 Å². The number of aliphatic hydroxyl groups is 1. The molecular weight excluding hydrogens is 251 g/mol. The maximum atomic E-state index is 13.9. The van der Waals surface area contributed by atoms with E-state index in [0.29, 0.717) is 25.9 Å². The van der Waals surface area contributed by atoms with Crippen LogP contribution in [0, 0.1) is 5.82 Å². The molecule has 1 aromatic carbocycles. The molecule has 6 heteroatoms. The number of benzene rings is 1. The summed E-state index contributed by atoms with van der Waals surface area (Å²) in [5.41, 5.74) is 4.78. The van der Waals surface area contributed by atoms with Gasteiger partial charge in [-0.3, -0.25) is 0 Å². The molecule has 1 aromatic rings. The fourth-order valence-electron chi connectivity index (χ4n) is 2.23. The van der Waals surface area contributed by atoms with Crippen molar-refractivity contribution < 1.29 is 19.4 Å². The molecule has 0 spiro atoms. The number of piperidine rings is 1. The highest BCUT2D eigenvalue weighted by Crippen LogP contribution is 2.30. The van der Waals surface area contributed by atoms with Crippen LogP contribution in [0.15, 0.2) is 12.1 Å². The van der Waals surface area contributed by atoms with Gasteiger partial charge in [0.15, 0.2) is 0 Å². The second-order valence-corrected chi connectivity index (χ2v) is 5.18. The van der Waals surface area contributed by atoms with Crippen LogP contribution in [0.2, 0.25) is 0 Å². The molecule has 0 radical (unpaired) electrons. The second-order valence-electron chi connectivity index (χ2n) is 5.18. The summed E-state index contributed by atoms with van der Waals surface area (Å²) in [7, 11) is 0. The summed E-state index contributed by atoms with van der Waals surface area (Å²) in [6.45, 7) is 2.70. The van der Waals surface area contributed by atoms with Crippen molar-refractivity contribution in [2.45, 2.75) is 25.4 Å². The smallest absolute Gasteiger partial charge is 0.337 e. The van der Waals surface area contributed by atoms with Crippen molar-refractivity contribution in [3.63, 3.8) is 0 Å². The molecule has 5 nitrogen and oxygen atoms in total. The monoisotopic (exact) mass is 268 g/mol. The van der Waals surface area contributed by atoms with Crippen LogP contribution in [-0.2, 0) is 0 Å². The van der Waals surface area contributed by atoms with Crippen molar-refractivity contribution in [2.24, 2.45) is 0 Å². The van der Waals surface area contributed by atoms with Crippen LogP contribution in [0.5, 0.6) is 0 Å². The van der Waals surface area contributed by atoms with Crippen LogP contribution in [-0.4, -0.2) is 34.9 Å². The number of aromatic carboxylic acids is 1. The lowest BCUT2D eigenvalue weighted by Crippen LogP contribution is -2.42. The summed E-state index contributed by atoms with van der Waals surface area (Å²) in [6, 6.07) is 2.29. The van der Waals surface area contributed by atoms with Gasteiger partial charge in [-0.1, -0.05) is 0 Å². The third kappa shape index (κ3) is 2.78. The van der Waals surface area contributed by atoms with E-state index in [4.69, 9.17) is 10.8 Å². The van der Waals surface area contributed by atoms with Crippen LogP contribution >= 0.6 is 0 Å². The molecular formula is C13H17FN2O3. The van der Waals surface area contributed by atoms with E-state index < -0.39 is 17.4 Å². The highest BCUT2D eigenvalue weighted by Gasteiger charge is 2.29. The number of anilines is 2. The van der Waals surface area contributed by atoms with Gasteiger partial charge in [0.05, 0.1) is 16.9 Å². The summed E-state index contributed by atoms with van der Waals surface area (Å²) < 4.78 is 13.9. The summed E-state index contributed by atoms with van der Waals surface area (Å²) in [5.74, 6) is -1.72. The summed E-state index contributed by atoms with van der Waals surface area (Å²) >= 11 is 0. The van der Waals surface area contributed by atoms with Gasteiger partial charge < -0.3 is 20.8 Å². The number of rotatable bonds is 2. The van der Waals surface area contributed by atoms with Gasteiger partial charge in [-0.05, 0) is 31.9 Å². The minimum absolute atomic E-state index is 0.0854. The van der Waals surface area contributed by atoms with E-state index in [9.17, 15) is 14.3 Å². The van der Waals surface area contributed by atoms with Crippen LogP contribution in [0.25, 0.3) is 0 Å². The third-order valence-corrected chi connectivity index (χ3v) is 3.53. The van der Waals surface area contributed by atoms with Crippen LogP contribution in [0.1, 0.15) is 30.1 Å². The fraction of sp³-hybridized carbons (Fsp3) is 0.462. The molecule has 19 heavy (non-hydrogen) atoms. The Morgan fingerprint density at radius 3 is 2.53 bits per heavy atom. The Morgan fingerprint density at radius 2 is 2.00 bits per heavy atom. The first-order chi connectivity index (χ1) is 8.80. The zero-order valence-corrected chi connectivity index (χ0v) is 10.7. The van der Waals surface area contributed by atoms with E-state index in [2.05, 4.69) is 0 Å². The Kier molecular flexibility index (Phi) is 3.36. The largest absolute Gasteiger partial charge is 0.478 e. The highest BCUT2D eigenvalue weighted by atomic mass is 19.1. The van der Waals surface area contributed by atoms with Gasteiger partial charge in [-0.15, -0.1) is 0 Å². The Balaban J connectivity index is 2.30. The van der Waals surface area contributed by atoms with Gasteiger partial charge in [0.1, 0.15) is 5.82 Å². The molecule has 0 amide bonds. The van der Waals surface area contributed by atoms with Crippen molar-refractivity contribution >= 4 is 17.3 Å². The number of hydrogen-bond acceptors (Lipinski definition) is 4. The molecule has 1 aliphatic heterocycles. The zero-order chi connectivity index (χ0) is 14.2. The predicted molar refractivity (Wildman–Crippen MR) is 69.8 cm³/mol. The van der Waals surface area contributed by atoms with Crippen LogP contribution in [0.3, 0.4) is 0 Å². The Labute approximate surface area is 110 Å². The molecule has 104 valence electrons. The molecule has 2 rings (SSSR count). The van der Waals surface area contributed by atoms with Gasteiger partial charge in [-0.2, -0.15) is 0 Å². The number of nitrogen functional groups attached to an aromatic ring is 1. The molecule has 4 N–H and O–H groups in total. The maximum Gasteiger partial charge on any atom is 0.337 e. The number of carboxylic acids is 1. The third-order valence-electron chi connectivity index (χ3n) is 3.53. The molecule has 1 saturated heterocycles. The van der Waals surface area contributed by atoms with E-state index in [-0.39, 0.29) is 16.9 Å². The van der Waals surface area contributed by atoms with E-state index in [1.807, 2.05) is 0 Å². The Bertz CT molecular complexity index is 507. The van der Waals surface area contributed by atoms with Crippen LogP contribution in [0.4, 0.5) is 15.8 Å². The van der Waals surface area contributed by atoms with Gasteiger partial charge in [-0.25, -0.2) is 9.18 Å². The molecule has 0 aliphatic carbocycles. The van der Waals surface area contributed by atoms with E-state index in [1.54, 1.807) is 11.8 Å². The number of carboxylic acid groups (broad SMARTS) is 1. The van der Waals surface area contributed by atoms with Gasteiger partial charge in [0.25, 0.3) is 0 Å². The van der Waals surface area contributed by atoms with Crippen molar-refractivity contribution in [2.75, 3.05) is 23.7 Å². The molecule has 0 bridgehead atoms. The number of hydrogen-bond donors (Lipinski definition) is 3. The van der Waals surface area contributed by atoms with Gasteiger partial charge in [0, 0.05) is 18.8 Å². The number of halogens is 1. The zero-order valence-electron chi connectivity index (χ0n) is 10.7.